The molecule has 16 heavy (non-hydrogen) atoms. The second-order valence-corrected chi connectivity index (χ2v) is 6.26. The molecule has 1 unspecified atom stereocenters. The van der Waals surface area contributed by atoms with E-state index in [0.29, 0.717) is 11.5 Å². The first kappa shape index (κ1) is 12.1. The lowest BCUT2D eigenvalue weighted by Crippen LogP contribution is -2.51. The molecule has 1 heterocycles. The van der Waals surface area contributed by atoms with Crippen molar-refractivity contribution in [1.82, 2.24) is 4.90 Å². The molecule has 0 aromatic rings. The predicted molar refractivity (Wildman–Crippen MR) is 67.5 cm³/mol. The summed E-state index contributed by atoms with van der Waals surface area (Å²) in [6.07, 6.45) is 6.28. The summed E-state index contributed by atoms with van der Waals surface area (Å²) in [5.41, 5.74) is 2.00. The van der Waals surface area contributed by atoms with E-state index < -0.39 is 0 Å². The van der Waals surface area contributed by atoms with E-state index in [1.165, 1.54) is 19.3 Å². The summed E-state index contributed by atoms with van der Waals surface area (Å²) in [6, 6.07) is 1.41. The first-order valence-corrected chi connectivity index (χ1v) is 6.47. The molecule has 2 nitrogen and oxygen atoms in total. The highest BCUT2D eigenvalue weighted by Gasteiger charge is 2.30. The zero-order valence-corrected chi connectivity index (χ0v) is 11.1. The molecule has 2 heteroatoms. The lowest BCUT2D eigenvalue weighted by atomic mass is 9.79. The topological polar surface area (TPSA) is 12.5 Å². The highest BCUT2D eigenvalue weighted by Crippen LogP contribution is 2.34. The van der Waals surface area contributed by atoms with E-state index in [9.17, 15) is 0 Å². The van der Waals surface area contributed by atoms with Crippen LogP contribution in [0.5, 0.6) is 0 Å². The normalized spacial score (nSPS) is 27.8. The second kappa shape index (κ2) is 4.50. The van der Waals surface area contributed by atoms with Crippen LogP contribution >= 0.6 is 0 Å². The number of ether oxygens (including phenoxy) is 1. The van der Waals surface area contributed by atoms with Crippen LogP contribution in [0.15, 0.2) is 11.6 Å². The number of hydrogen-bond acceptors (Lipinski definition) is 2. The Morgan fingerprint density at radius 1 is 1.25 bits per heavy atom. The maximum absolute atomic E-state index is 5.27. The standard InChI is InChI=1S/C14H25NO/c1-14(2,3)11-5-7-12(8-6-11)15(4)13-9-16-10-13/h5,12-13H,6-10H2,1-4H3. The van der Waals surface area contributed by atoms with Gasteiger partial charge in [0.05, 0.1) is 19.3 Å². The van der Waals surface area contributed by atoms with Crippen molar-refractivity contribution >= 4 is 0 Å². The molecule has 1 atom stereocenters. The minimum Gasteiger partial charge on any atom is -0.378 e. The maximum atomic E-state index is 5.27. The Morgan fingerprint density at radius 3 is 2.31 bits per heavy atom. The van der Waals surface area contributed by atoms with E-state index in [1.54, 1.807) is 5.57 Å². The Bertz CT molecular complexity index is 273. The van der Waals surface area contributed by atoms with E-state index >= 15 is 0 Å². The number of hydrogen-bond donors (Lipinski definition) is 0. The number of likely N-dealkylation sites (N-methyl/N-ethyl adjacent to an activating group) is 1. The number of nitrogens with zero attached hydrogens (tertiary/aromatic N) is 1. The Balaban J connectivity index is 1.91. The third-order valence-corrected chi connectivity index (χ3v) is 4.12. The lowest BCUT2D eigenvalue weighted by Gasteiger charge is -2.41. The van der Waals surface area contributed by atoms with Crippen LogP contribution in [0.3, 0.4) is 0 Å². The van der Waals surface area contributed by atoms with Gasteiger partial charge in [-0.1, -0.05) is 32.4 Å². The highest BCUT2D eigenvalue weighted by molar-refractivity contribution is 5.15. The van der Waals surface area contributed by atoms with Crippen molar-refractivity contribution in [3.05, 3.63) is 11.6 Å². The molecule has 0 N–H and O–H groups in total. The summed E-state index contributed by atoms with van der Waals surface area (Å²) < 4.78 is 5.27. The number of allylic oxidation sites excluding steroid dienone is 1. The van der Waals surface area contributed by atoms with Crippen LogP contribution in [-0.2, 0) is 4.74 Å². The van der Waals surface area contributed by atoms with Crippen molar-refractivity contribution in [2.75, 3.05) is 20.3 Å². The largest absolute Gasteiger partial charge is 0.378 e. The van der Waals surface area contributed by atoms with Gasteiger partial charge < -0.3 is 4.74 Å². The fourth-order valence-corrected chi connectivity index (χ4v) is 2.63. The fraction of sp³-hybridized carbons (Fsp3) is 0.857. The molecule has 1 aliphatic carbocycles. The van der Waals surface area contributed by atoms with Gasteiger partial charge in [0.25, 0.3) is 0 Å². The molecule has 0 spiro atoms. The summed E-state index contributed by atoms with van der Waals surface area (Å²) in [4.78, 5) is 2.53. The minimum atomic E-state index is 0.364. The van der Waals surface area contributed by atoms with Crippen molar-refractivity contribution < 1.29 is 4.74 Å². The Morgan fingerprint density at radius 2 is 1.94 bits per heavy atom. The lowest BCUT2D eigenvalue weighted by molar-refractivity contribution is -0.0705. The SMILES string of the molecule is CN(C1CC=C(C(C)(C)C)CC1)C1COC1. The molecule has 0 saturated carbocycles. The third kappa shape index (κ3) is 2.49. The molecule has 2 aliphatic rings. The number of rotatable bonds is 2. The Hall–Kier alpha value is -0.340. The first-order valence-electron chi connectivity index (χ1n) is 6.47. The average Bonchev–Trinajstić information content (AvgIpc) is 2.14. The van der Waals surface area contributed by atoms with Crippen molar-refractivity contribution in [3.63, 3.8) is 0 Å². The van der Waals surface area contributed by atoms with Crippen LogP contribution in [-0.4, -0.2) is 37.2 Å². The Kier molecular flexibility index (Phi) is 3.41. The van der Waals surface area contributed by atoms with E-state index in [-0.39, 0.29) is 0 Å². The smallest absolute Gasteiger partial charge is 0.0645 e. The van der Waals surface area contributed by atoms with Crippen molar-refractivity contribution in [1.29, 1.82) is 0 Å². The van der Waals surface area contributed by atoms with Gasteiger partial charge in [0.1, 0.15) is 0 Å². The highest BCUT2D eigenvalue weighted by atomic mass is 16.5. The van der Waals surface area contributed by atoms with Crippen LogP contribution in [0.25, 0.3) is 0 Å². The van der Waals surface area contributed by atoms with E-state index in [0.717, 1.165) is 19.3 Å². The van der Waals surface area contributed by atoms with E-state index in [4.69, 9.17) is 4.74 Å². The van der Waals surface area contributed by atoms with Crippen LogP contribution in [0.1, 0.15) is 40.0 Å². The molecular weight excluding hydrogens is 198 g/mol. The third-order valence-electron chi connectivity index (χ3n) is 4.12. The molecule has 0 amide bonds. The molecule has 1 saturated heterocycles. The van der Waals surface area contributed by atoms with Gasteiger partial charge in [0.15, 0.2) is 0 Å². The fourth-order valence-electron chi connectivity index (χ4n) is 2.63. The molecule has 0 aromatic heterocycles. The Labute approximate surface area is 99.7 Å². The van der Waals surface area contributed by atoms with E-state index in [1.807, 2.05) is 0 Å². The zero-order chi connectivity index (χ0) is 11.8. The molecule has 0 bridgehead atoms. The monoisotopic (exact) mass is 223 g/mol. The van der Waals surface area contributed by atoms with E-state index in [2.05, 4.69) is 38.8 Å². The summed E-state index contributed by atoms with van der Waals surface area (Å²) >= 11 is 0. The summed E-state index contributed by atoms with van der Waals surface area (Å²) in [6.45, 7) is 8.83. The van der Waals surface area contributed by atoms with Gasteiger partial charge in [-0.15, -0.1) is 0 Å². The van der Waals surface area contributed by atoms with Crippen LogP contribution in [0.4, 0.5) is 0 Å². The first-order chi connectivity index (χ1) is 7.48. The van der Waals surface area contributed by atoms with Gasteiger partial charge in [0, 0.05) is 6.04 Å². The minimum absolute atomic E-state index is 0.364. The van der Waals surface area contributed by atoms with Gasteiger partial charge in [-0.2, -0.15) is 0 Å². The van der Waals surface area contributed by atoms with Crippen molar-refractivity contribution in [2.24, 2.45) is 5.41 Å². The maximum Gasteiger partial charge on any atom is 0.0645 e. The van der Waals surface area contributed by atoms with Gasteiger partial charge >= 0.3 is 0 Å². The molecule has 2 rings (SSSR count). The molecule has 1 fully saturated rings. The molecule has 1 aliphatic heterocycles. The van der Waals surface area contributed by atoms with Crippen LogP contribution < -0.4 is 0 Å². The van der Waals surface area contributed by atoms with Gasteiger partial charge in [-0.3, -0.25) is 4.90 Å². The molecule has 92 valence electrons. The quantitative estimate of drug-likeness (QED) is 0.667. The predicted octanol–water partition coefficient (Wildman–Crippen LogP) is 2.84. The van der Waals surface area contributed by atoms with Crippen molar-refractivity contribution in [3.8, 4) is 0 Å². The molecule has 0 aromatic carbocycles. The second-order valence-electron chi connectivity index (χ2n) is 6.26. The van der Waals surface area contributed by atoms with Crippen molar-refractivity contribution in [2.45, 2.75) is 52.1 Å². The van der Waals surface area contributed by atoms with Gasteiger partial charge in [-0.25, -0.2) is 0 Å². The molecular formula is C14H25NO. The summed E-state index contributed by atoms with van der Waals surface area (Å²) in [5, 5.41) is 0. The summed E-state index contributed by atoms with van der Waals surface area (Å²) in [5.74, 6) is 0. The van der Waals surface area contributed by atoms with Crippen LogP contribution in [0, 0.1) is 5.41 Å². The molecule has 0 radical (unpaired) electrons. The van der Waals surface area contributed by atoms with Gasteiger partial charge in [-0.05, 0) is 31.7 Å². The van der Waals surface area contributed by atoms with Gasteiger partial charge in [0.2, 0.25) is 0 Å². The zero-order valence-electron chi connectivity index (χ0n) is 11.1. The van der Waals surface area contributed by atoms with Crippen LogP contribution in [0.2, 0.25) is 0 Å². The summed E-state index contributed by atoms with van der Waals surface area (Å²) in [7, 11) is 2.26. The average molecular weight is 223 g/mol.